The second-order valence-corrected chi connectivity index (χ2v) is 8.96. The van der Waals surface area contributed by atoms with Crippen LogP contribution in [0.4, 0.5) is 5.69 Å². The summed E-state index contributed by atoms with van der Waals surface area (Å²) >= 11 is 8.21. The lowest BCUT2D eigenvalue weighted by atomic mass is 10.0. The van der Waals surface area contributed by atoms with Crippen LogP contribution in [0.25, 0.3) is 11.0 Å². The normalized spacial score (nSPS) is 17.2. The maximum Gasteiger partial charge on any atom is 0.166 e. The second kappa shape index (κ2) is 7.74. The number of halogens is 1. The average Bonchev–Trinajstić information content (AvgIpc) is 2.94. The first-order chi connectivity index (χ1) is 11.9. The first-order valence-corrected chi connectivity index (χ1v) is 10.2. The lowest BCUT2D eigenvalue weighted by Crippen LogP contribution is -2.43. The summed E-state index contributed by atoms with van der Waals surface area (Å²) in [6.45, 7) is 9.74. The highest BCUT2D eigenvalue weighted by molar-refractivity contribution is 7.99. The number of benzene rings is 1. The van der Waals surface area contributed by atoms with Crippen LogP contribution in [0.15, 0.2) is 17.3 Å². The molecular formula is C18H27ClN4OS. The van der Waals surface area contributed by atoms with E-state index in [0.717, 1.165) is 65.9 Å². The molecule has 2 aromatic rings. The van der Waals surface area contributed by atoms with Gasteiger partial charge in [0.25, 0.3) is 0 Å². The van der Waals surface area contributed by atoms with E-state index < -0.39 is 5.60 Å². The Hall–Kier alpha value is -0.950. The number of hydrogen-bond donors (Lipinski definition) is 3. The van der Waals surface area contributed by atoms with Crippen molar-refractivity contribution in [2.45, 2.75) is 49.6 Å². The fourth-order valence-corrected chi connectivity index (χ4v) is 4.76. The first-order valence-electron chi connectivity index (χ1n) is 8.89. The first kappa shape index (κ1) is 18.8. The van der Waals surface area contributed by atoms with Gasteiger partial charge in [-0.15, -0.1) is 0 Å². The predicted octanol–water partition coefficient (Wildman–Crippen LogP) is 3.66. The molecule has 1 unspecified atom stereocenters. The molecule has 0 saturated carbocycles. The molecule has 138 valence electrons. The molecule has 0 radical (unpaired) electrons. The molecule has 0 amide bonds. The molecule has 1 aromatic heterocycles. The maximum atomic E-state index is 10.1. The van der Waals surface area contributed by atoms with Crippen LogP contribution in [0.1, 0.15) is 33.6 Å². The number of H-pyrrole nitrogens is 1. The van der Waals surface area contributed by atoms with E-state index in [1.807, 2.05) is 19.9 Å². The molecule has 0 bridgehead atoms. The highest BCUT2D eigenvalue weighted by Gasteiger charge is 2.22. The van der Waals surface area contributed by atoms with Gasteiger partial charge in [0, 0.05) is 31.4 Å². The topological polar surface area (TPSA) is 64.2 Å². The van der Waals surface area contributed by atoms with Gasteiger partial charge in [-0.05, 0) is 38.8 Å². The standard InChI is InChI=1S/C18H27ClN4OS/c1-4-12(11-18(2,3)24)25-17-21-14-9-13(19)16(10-15(14)22-17)23-7-5-20-6-8-23/h9-10,12,20,24H,4-8,11H2,1-3H3,(H,21,22). The number of aromatic amines is 1. The number of aromatic nitrogens is 2. The SMILES string of the molecule is CCC(CC(C)(C)O)Sc1nc2cc(Cl)c(N3CCNCC3)cc2[nH]1. The molecule has 3 rings (SSSR count). The molecule has 7 heteroatoms. The molecule has 3 N–H and O–H groups in total. The zero-order valence-electron chi connectivity index (χ0n) is 15.1. The van der Waals surface area contributed by atoms with Crippen molar-refractivity contribution < 1.29 is 5.11 Å². The fourth-order valence-electron chi connectivity index (χ4n) is 3.18. The third kappa shape index (κ3) is 4.82. The van der Waals surface area contributed by atoms with E-state index in [2.05, 4.69) is 33.2 Å². The molecule has 25 heavy (non-hydrogen) atoms. The van der Waals surface area contributed by atoms with Crippen LogP contribution in [0.3, 0.4) is 0 Å². The number of anilines is 1. The van der Waals surface area contributed by atoms with E-state index in [0.29, 0.717) is 5.25 Å². The van der Waals surface area contributed by atoms with Crippen molar-refractivity contribution in [1.82, 2.24) is 15.3 Å². The molecule has 1 aliphatic heterocycles. The van der Waals surface area contributed by atoms with Crippen molar-refractivity contribution in [3.05, 3.63) is 17.2 Å². The molecule has 2 heterocycles. The van der Waals surface area contributed by atoms with Crippen molar-refractivity contribution >= 4 is 40.1 Å². The lowest BCUT2D eigenvalue weighted by molar-refractivity contribution is 0.0703. The number of hydrogen-bond acceptors (Lipinski definition) is 5. The van der Waals surface area contributed by atoms with Gasteiger partial charge in [-0.1, -0.05) is 30.3 Å². The Balaban J connectivity index is 1.82. The van der Waals surface area contributed by atoms with Crippen molar-refractivity contribution in [1.29, 1.82) is 0 Å². The number of fused-ring (bicyclic) bond motifs is 1. The van der Waals surface area contributed by atoms with E-state index in [1.54, 1.807) is 11.8 Å². The van der Waals surface area contributed by atoms with Crippen LogP contribution in [0.2, 0.25) is 5.02 Å². The Labute approximate surface area is 158 Å². The van der Waals surface area contributed by atoms with Crippen molar-refractivity contribution in [2.24, 2.45) is 0 Å². The molecule has 1 aromatic carbocycles. The summed E-state index contributed by atoms with van der Waals surface area (Å²) in [4.78, 5) is 10.4. The zero-order valence-corrected chi connectivity index (χ0v) is 16.7. The van der Waals surface area contributed by atoms with Crippen LogP contribution >= 0.6 is 23.4 Å². The summed E-state index contributed by atoms with van der Waals surface area (Å²) in [5, 5.41) is 15.4. The molecule has 0 aliphatic carbocycles. The van der Waals surface area contributed by atoms with Crippen LogP contribution in [0.5, 0.6) is 0 Å². The molecule has 1 saturated heterocycles. The monoisotopic (exact) mass is 382 g/mol. The largest absolute Gasteiger partial charge is 0.390 e. The van der Waals surface area contributed by atoms with Crippen molar-refractivity contribution in [2.75, 3.05) is 31.1 Å². The smallest absolute Gasteiger partial charge is 0.166 e. The van der Waals surface area contributed by atoms with Gasteiger partial charge in [-0.3, -0.25) is 0 Å². The summed E-state index contributed by atoms with van der Waals surface area (Å²) in [5.41, 5.74) is 2.31. The van der Waals surface area contributed by atoms with Gasteiger partial charge in [0.05, 0.1) is 27.3 Å². The number of imidazole rings is 1. The van der Waals surface area contributed by atoms with Crippen molar-refractivity contribution in [3.8, 4) is 0 Å². The Kier molecular flexibility index (Phi) is 5.83. The Morgan fingerprint density at radius 3 is 2.72 bits per heavy atom. The minimum Gasteiger partial charge on any atom is -0.390 e. The quantitative estimate of drug-likeness (QED) is 0.665. The highest BCUT2D eigenvalue weighted by atomic mass is 35.5. The number of nitrogens with one attached hydrogen (secondary N) is 2. The maximum absolute atomic E-state index is 10.1. The van der Waals surface area contributed by atoms with Gasteiger partial charge in [0.1, 0.15) is 0 Å². The minimum absolute atomic E-state index is 0.323. The number of aliphatic hydroxyl groups is 1. The molecule has 5 nitrogen and oxygen atoms in total. The third-order valence-electron chi connectivity index (χ3n) is 4.45. The van der Waals surface area contributed by atoms with E-state index >= 15 is 0 Å². The number of thioether (sulfide) groups is 1. The van der Waals surface area contributed by atoms with Gasteiger partial charge in [0.2, 0.25) is 0 Å². The fraction of sp³-hybridized carbons (Fsp3) is 0.611. The summed E-state index contributed by atoms with van der Waals surface area (Å²) < 4.78 is 0. The van der Waals surface area contributed by atoms with Gasteiger partial charge < -0.3 is 20.3 Å². The van der Waals surface area contributed by atoms with Crippen LogP contribution in [0, 0.1) is 0 Å². The number of nitrogens with zero attached hydrogens (tertiary/aromatic N) is 2. The zero-order chi connectivity index (χ0) is 18.0. The van der Waals surface area contributed by atoms with Crippen LogP contribution in [-0.4, -0.2) is 52.1 Å². The highest BCUT2D eigenvalue weighted by Crippen LogP contribution is 2.34. The minimum atomic E-state index is -0.668. The number of piperazine rings is 1. The van der Waals surface area contributed by atoms with Crippen molar-refractivity contribution in [3.63, 3.8) is 0 Å². The van der Waals surface area contributed by atoms with Gasteiger partial charge in [-0.25, -0.2) is 4.98 Å². The van der Waals surface area contributed by atoms with E-state index in [9.17, 15) is 5.11 Å². The number of rotatable bonds is 6. The van der Waals surface area contributed by atoms with Crippen LogP contribution < -0.4 is 10.2 Å². The summed E-state index contributed by atoms with van der Waals surface area (Å²) in [5.74, 6) is 0. The molecule has 0 spiro atoms. The molecule has 1 aliphatic rings. The van der Waals surface area contributed by atoms with Gasteiger partial charge in [0.15, 0.2) is 5.16 Å². The van der Waals surface area contributed by atoms with E-state index in [-0.39, 0.29) is 0 Å². The predicted molar refractivity (Wildman–Crippen MR) is 107 cm³/mol. The van der Waals surface area contributed by atoms with Gasteiger partial charge in [-0.2, -0.15) is 0 Å². The Morgan fingerprint density at radius 2 is 2.08 bits per heavy atom. The summed E-state index contributed by atoms with van der Waals surface area (Å²) in [7, 11) is 0. The van der Waals surface area contributed by atoms with Gasteiger partial charge >= 0.3 is 0 Å². The van der Waals surface area contributed by atoms with Crippen LogP contribution in [-0.2, 0) is 0 Å². The third-order valence-corrected chi connectivity index (χ3v) is 6.00. The summed E-state index contributed by atoms with van der Waals surface area (Å²) in [6.07, 6.45) is 1.72. The van der Waals surface area contributed by atoms with E-state index in [4.69, 9.17) is 11.6 Å². The molecular weight excluding hydrogens is 356 g/mol. The molecule has 1 fully saturated rings. The molecule has 1 atom stereocenters. The Bertz CT molecular complexity index is 722. The Morgan fingerprint density at radius 1 is 1.36 bits per heavy atom. The summed E-state index contributed by atoms with van der Waals surface area (Å²) in [6, 6.07) is 4.06. The van der Waals surface area contributed by atoms with E-state index in [1.165, 1.54) is 0 Å². The average molecular weight is 383 g/mol. The second-order valence-electron chi connectivity index (χ2n) is 7.26. The lowest BCUT2D eigenvalue weighted by Gasteiger charge is -2.30.